The second kappa shape index (κ2) is 6.74. The Balaban J connectivity index is 1.92. The van der Waals surface area contributed by atoms with Crippen molar-refractivity contribution in [2.24, 2.45) is 0 Å². The van der Waals surface area contributed by atoms with Crippen molar-refractivity contribution in [2.45, 2.75) is 29.6 Å². The third-order valence-corrected chi connectivity index (χ3v) is 4.49. The lowest BCUT2D eigenvalue weighted by atomic mass is 9.88. The largest absolute Gasteiger partial charge is 0.488 e. The quantitative estimate of drug-likeness (QED) is 0.743. The SMILES string of the molecule is COCCOC1C(O)CC1Oc1ccc(S(C)(=O)=O)cc1. The number of ether oxygens (including phenoxy) is 3. The maximum atomic E-state index is 11.4. The molecule has 1 saturated carbocycles. The minimum atomic E-state index is -3.21. The highest BCUT2D eigenvalue weighted by atomic mass is 32.2. The molecule has 0 spiro atoms. The van der Waals surface area contributed by atoms with E-state index in [0.29, 0.717) is 25.4 Å². The van der Waals surface area contributed by atoms with Crippen molar-refractivity contribution in [3.63, 3.8) is 0 Å². The number of aliphatic hydroxyl groups is 1. The van der Waals surface area contributed by atoms with Crippen LogP contribution in [0.1, 0.15) is 6.42 Å². The molecule has 3 atom stereocenters. The van der Waals surface area contributed by atoms with Crippen LogP contribution in [0.15, 0.2) is 29.2 Å². The van der Waals surface area contributed by atoms with E-state index in [4.69, 9.17) is 14.2 Å². The standard InChI is InChI=1S/C14H20O6S/c1-18-7-8-19-14-12(15)9-13(14)20-10-3-5-11(6-4-10)21(2,16)17/h3-6,12-15H,7-9H2,1-2H3. The van der Waals surface area contributed by atoms with Crippen LogP contribution in [-0.2, 0) is 19.3 Å². The molecular weight excluding hydrogens is 296 g/mol. The van der Waals surface area contributed by atoms with Gasteiger partial charge in [-0.25, -0.2) is 8.42 Å². The minimum absolute atomic E-state index is 0.235. The topological polar surface area (TPSA) is 82.1 Å². The van der Waals surface area contributed by atoms with Gasteiger partial charge in [0.1, 0.15) is 18.0 Å². The fraction of sp³-hybridized carbons (Fsp3) is 0.571. The summed E-state index contributed by atoms with van der Waals surface area (Å²) in [6, 6.07) is 6.21. The number of benzene rings is 1. The van der Waals surface area contributed by atoms with E-state index in [0.717, 1.165) is 6.26 Å². The predicted molar refractivity (Wildman–Crippen MR) is 76.2 cm³/mol. The van der Waals surface area contributed by atoms with Crippen LogP contribution in [0, 0.1) is 0 Å². The summed E-state index contributed by atoms with van der Waals surface area (Å²) in [5, 5.41) is 9.68. The van der Waals surface area contributed by atoms with Gasteiger partial charge >= 0.3 is 0 Å². The van der Waals surface area contributed by atoms with Crippen molar-refractivity contribution in [2.75, 3.05) is 26.6 Å². The van der Waals surface area contributed by atoms with Crippen LogP contribution in [-0.4, -0.2) is 58.4 Å². The molecule has 1 fully saturated rings. The van der Waals surface area contributed by atoms with Gasteiger partial charge in [0.05, 0.1) is 24.2 Å². The van der Waals surface area contributed by atoms with E-state index < -0.39 is 15.9 Å². The van der Waals surface area contributed by atoms with E-state index in [1.165, 1.54) is 12.1 Å². The van der Waals surface area contributed by atoms with Crippen molar-refractivity contribution in [3.05, 3.63) is 24.3 Å². The minimum Gasteiger partial charge on any atom is -0.488 e. The van der Waals surface area contributed by atoms with Crippen LogP contribution in [0.4, 0.5) is 0 Å². The van der Waals surface area contributed by atoms with Crippen molar-refractivity contribution in [3.8, 4) is 5.75 Å². The number of sulfone groups is 1. The number of methoxy groups -OCH3 is 1. The van der Waals surface area contributed by atoms with E-state index in [9.17, 15) is 13.5 Å². The zero-order valence-electron chi connectivity index (χ0n) is 12.1. The van der Waals surface area contributed by atoms with Gasteiger partial charge < -0.3 is 19.3 Å². The summed E-state index contributed by atoms with van der Waals surface area (Å²) in [6.45, 7) is 0.851. The monoisotopic (exact) mass is 316 g/mol. The zero-order chi connectivity index (χ0) is 15.5. The average Bonchev–Trinajstić information content (AvgIpc) is 2.42. The van der Waals surface area contributed by atoms with Gasteiger partial charge in [-0.2, -0.15) is 0 Å². The third kappa shape index (κ3) is 4.16. The molecule has 1 aromatic rings. The Labute approximate surface area is 124 Å². The lowest BCUT2D eigenvalue weighted by Gasteiger charge is -2.40. The van der Waals surface area contributed by atoms with Gasteiger partial charge in [0, 0.05) is 19.8 Å². The summed E-state index contributed by atoms with van der Waals surface area (Å²) in [6.07, 6.45) is 0.494. The van der Waals surface area contributed by atoms with Gasteiger partial charge in [-0.15, -0.1) is 0 Å². The van der Waals surface area contributed by atoms with Gasteiger partial charge in [-0.1, -0.05) is 0 Å². The summed E-state index contributed by atoms with van der Waals surface area (Å²) in [4.78, 5) is 0.247. The molecule has 0 bridgehead atoms. The van der Waals surface area contributed by atoms with E-state index in [-0.39, 0.29) is 17.1 Å². The zero-order valence-corrected chi connectivity index (χ0v) is 12.9. The number of hydrogen-bond acceptors (Lipinski definition) is 6. The summed E-state index contributed by atoms with van der Waals surface area (Å²) >= 11 is 0. The molecule has 118 valence electrons. The van der Waals surface area contributed by atoms with E-state index >= 15 is 0 Å². The molecule has 1 aliphatic carbocycles. The Bertz CT molecular complexity index is 553. The average molecular weight is 316 g/mol. The molecule has 2 rings (SSSR count). The van der Waals surface area contributed by atoms with Crippen LogP contribution in [0.5, 0.6) is 5.75 Å². The first-order valence-corrected chi connectivity index (χ1v) is 8.56. The number of hydrogen-bond donors (Lipinski definition) is 1. The highest BCUT2D eigenvalue weighted by Gasteiger charge is 2.42. The molecule has 21 heavy (non-hydrogen) atoms. The van der Waals surface area contributed by atoms with Crippen LogP contribution in [0.3, 0.4) is 0 Å². The van der Waals surface area contributed by atoms with Crippen molar-refractivity contribution in [1.29, 1.82) is 0 Å². The smallest absolute Gasteiger partial charge is 0.175 e. The lowest BCUT2D eigenvalue weighted by molar-refractivity contribution is -0.167. The molecule has 0 heterocycles. The fourth-order valence-electron chi connectivity index (χ4n) is 2.10. The van der Waals surface area contributed by atoms with Crippen molar-refractivity contribution < 1.29 is 27.7 Å². The van der Waals surface area contributed by atoms with Crippen LogP contribution in [0.25, 0.3) is 0 Å². The molecule has 1 aliphatic rings. The van der Waals surface area contributed by atoms with E-state index in [2.05, 4.69) is 0 Å². The summed E-state index contributed by atoms with van der Waals surface area (Å²) in [7, 11) is -1.63. The molecule has 7 heteroatoms. The normalized spacial score (nSPS) is 25.4. The molecule has 0 aromatic heterocycles. The number of rotatable bonds is 7. The van der Waals surface area contributed by atoms with Gasteiger partial charge in [0.25, 0.3) is 0 Å². The Hall–Kier alpha value is -1.15. The van der Waals surface area contributed by atoms with Crippen LogP contribution >= 0.6 is 0 Å². The molecule has 3 unspecified atom stereocenters. The first-order valence-electron chi connectivity index (χ1n) is 6.67. The predicted octanol–water partition coefficient (Wildman–Crippen LogP) is 0.634. The van der Waals surface area contributed by atoms with Gasteiger partial charge in [0.15, 0.2) is 9.84 Å². The maximum absolute atomic E-state index is 11.4. The Kier molecular flexibility index (Phi) is 5.21. The second-order valence-corrected chi connectivity index (χ2v) is 7.05. The third-order valence-electron chi connectivity index (χ3n) is 3.36. The summed E-state index contributed by atoms with van der Waals surface area (Å²) in [5.74, 6) is 0.555. The van der Waals surface area contributed by atoms with Crippen LogP contribution in [0.2, 0.25) is 0 Å². The van der Waals surface area contributed by atoms with E-state index in [1.807, 2.05) is 0 Å². The highest BCUT2D eigenvalue weighted by molar-refractivity contribution is 7.90. The Morgan fingerprint density at radius 3 is 2.43 bits per heavy atom. The van der Waals surface area contributed by atoms with Crippen LogP contribution < -0.4 is 4.74 Å². The Morgan fingerprint density at radius 1 is 1.24 bits per heavy atom. The Morgan fingerprint density at radius 2 is 1.90 bits per heavy atom. The molecule has 0 radical (unpaired) electrons. The van der Waals surface area contributed by atoms with E-state index in [1.54, 1.807) is 19.2 Å². The van der Waals surface area contributed by atoms with Crippen molar-refractivity contribution in [1.82, 2.24) is 0 Å². The van der Waals surface area contributed by atoms with Gasteiger partial charge in [-0.3, -0.25) is 0 Å². The first-order chi connectivity index (χ1) is 9.91. The highest BCUT2D eigenvalue weighted by Crippen LogP contribution is 2.29. The summed E-state index contributed by atoms with van der Waals surface area (Å²) in [5.41, 5.74) is 0. The maximum Gasteiger partial charge on any atom is 0.175 e. The lowest BCUT2D eigenvalue weighted by Crippen LogP contribution is -2.55. The molecule has 0 aliphatic heterocycles. The number of aliphatic hydroxyl groups excluding tert-OH is 1. The molecule has 0 amide bonds. The molecular formula is C14H20O6S. The summed E-state index contributed by atoms with van der Waals surface area (Å²) < 4.78 is 38.8. The van der Waals surface area contributed by atoms with Gasteiger partial charge in [0.2, 0.25) is 0 Å². The fourth-order valence-corrected chi connectivity index (χ4v) is 2.73. The molecule has 6 nitrogen and oxygen atoms in total. The molecule has 1 aromatic carbocycles. The second-order valence-electron chi connectivity index (χ2n) is 5.03. The molecule has 0 saturated heterocycles. The molecule has 1 N–H and O–H groups in total. The van der Waals surface area contributed by atoms with Crippen molar-refractivity contribution >= 4 is 9.84 Å². The first kappa shape index (κ1) is 16.2. The van der Waals surface area contributed by atoms with Gasteiger partial charge in [-0.05, 0) is 24.3 Å².